The largest absolute Gasteiger partial charge is 0.497 e. The van der Waals surface area contributed by atoms with Crippen molar-refractivity contribution in [2.45, 2.75) is 6.10 Å². The zero-order valence-corrected chi connectivity index (χ0v) is 10.6. The summed E-state index contributed by atoms with van der Waals surface area (Å²) in [5, 5.41) is 11.5. The topological polar surface area (TPSA) is 45.2 Å². The van der Waals surface area contributed by atoms with E-state index in [9.17, 15) is 5.11 Å². The normalized spacial score (nSPS) is 12.5. The minimum atomic E-state index is -0.637. The highest BCUT2D eigenvalue weighted by Crippen LogP contribution is 2.30. The van der Waals surface area contributed by atoms with E-state index in [2.05, 4.69) is 4.98 Å². The molecular weight excluding hydrogens is 238 g/mol. The minimum absolute atomic E-state index is 0.637. The summed E-state index contributed by atoms with van der Waals surface area (Å²) < 4.78 is 5.24. The van der Waals surface area contributed by atoms with Crippen LogP contribution in [0.3, 0.4) is 0 Å². The van der Waals surface area contributed by atoms with Crippen LogP contribution in [0.15, 0.2) is 54.7 Å². The second kappa shape index (κ2) is 4.78. The summed E-state index contributed by atoms with van der Waals surface area (Å²) in [6.07, 6.45) is 1.21. The van der Waals surface area contributed by atoms with Crippen molar-refractivity contribution in [3.63, 3.8) is 0 Å². The van der Waals surface area contributed by atoms with Gasteiger partial charge in [-0.15, -0.1) is 0 Å². The van der Waals surface area contributed by atoms with Crippen LogP contribution in [0.5, 0.6) is 5.75 Å². The molecule has 0 spiro atoms. The van der Waals surface area contributed by atoms with E-state index in [1.54, 1.807) is 7.11 Å². The van der Waals surface area contributed by atoms with Crippen molar-refractivity contribution in [2.24, 2.45) is 0 Å². The summed E-state index contributed by atoms with van der Waals surface area (Å²) in [7, 11) is 1.64. The average Bonchev–Trinajstić information content (AvgIpc) is 2.90. The molecule has 2 aromatic carbocycles. The molecule has 0 amide bonds. The monoisotopic (exact) mass is 253 g/mol. The molecule has 2 N–H and O–H groups in total. The number of aromatic amines is 1. The summed E-state index contributed by atoms with van der Waals surface area (Å²) in [5.74, 6) is 0.786. The third-order valence-electron chi connectivity index (χ3n) is 3.33. The van der Waals surface area contributed by atoms with Gasteiger partial charge in [0.05, 0.1) is 7.11 Å². The van der Waals surface area contributed by atoms with Gasteiger partial charge >= 0.3 is 0 Å². The van der Waals surface area contributed by atoms with Crippen LogP contribution in [0, 0.1) is 0 Å². The predicted octanol–water partition coefficient (Wildman–Crippen LogP) is 3.26. The van der Waals surface area contributed by atoms with E-state index in [1.165, 1.54) is 0 Å². The first kappa shape index (κ1) is 11.8. The van der Waals surface area contributed by atoms with Crippen LogP contribution in [0.1, 0.15) is 17.2 Å². The van der Waals surface area contributed by atoms with Gasteiger partial charge in [0.15, 0.2) is 0 Å². The van der Waals surface area contributed by atoms with Crippen molar-refractivity contribution in [1.82, 2.24) is 4.98 Å². The summed E-state index contributed by atoms with van der Waals surface area (Å²) in [4.78, 5) is 3.17. The third kappa shape index (κ3) is 2.09. The number of nitrogens with one attached hydrogen (secondary N) is 1. The number of aliphatic hydroxyl groups is 1. The lowest BCUT2D eigenvalue weighted by atomic mass is 10.0. The van der Waals surface area contributed by atoms with E-state index in [4.69, 9.17) is 4.74 Å². The number of hydrogen-bond donors (Lipinski definition) is 2. The van der Waals surface area contributed by atoms with Crippen molar-refractivity contribution in [1.29, 1.82) is 0 Å². The fourth-order valence-electron chi connectivity index (χ4n) is 2.29. The zero-order chi connectivity index (χ0) is 13.2. The van der Waals surface area contributed by atoms with Gasteiger partial charge in [-0.1, -0.05) is 30.3 Å². The summed E-state index contributed by atoms with van der Waals surface area (Å²) in [6, 6.07) is 15.4. The number of ether oxygens (including phenoxy) is 1. The number of hydrogen-bond acceptors (Lipinski definition) is 2. The van der Waals surface area contributed by atoms with Gasteiger partial charge < -0.3 is 14.8 Å². The number of benzene rings is 2. The molecule has 3 nitrogen and oxygen atoms in total. The maximum atomic E-state index is 10.5. The molecule has 0 saturated heterocycles. The summed E-state index contributed by atoms with van der Waals surface area (Å²) >= 11 is 0. The van der Waals surface area contributed by atoms with Crippen LogP contribution in [-0.4, -0.2) is 17.2 Å². The molecule has 3 rings (SSSR count). The number of methoxy groups -OCH3 is 1. The Morgan fingerprint density at radius 1 is 1.11 bits per heavy atom. The Balaban J connectivity index is 2.09. The number of rotatable bonds is 3. The van der Waals surface area contributed by atoms with Gasteiger partial charge in [-0.25, -0.2) is 0 Å². The Labute approximate surface area is 111 Å². The van der Waals surface area contributed by atoms with Crippen molar-refractivity contribution >= 4 is 10.9 Å². The molecule has 0 radical (unpaired) electrons. The molecule has 1 aromatic heterocycles. The van der Waals surface area contributed by atoms with Gasteiger partial charge in [0.2, 0.25) is 0 Å². The van der Waals surface area contributed by atoms with Gasteiger partial charge in [-0.2, -0.15) is 0 Å². The van der Waals surface area contributed by atoms with E-state index in [1.807, 2.05) is 54.7 Å². The van der Waals surface area contributed by atoms with Crippen LogP contribution in [0.4, 0.5) is 0 Å². The fourth-order valence-corrected chi connectivity index (χ4v) is 2.29. The molecule has 3 heteroatoms. The Bertz CT molecular complexity index is 688. The minimum Gasteiger partial charge on any atom is -0.497 e. The first-order valence-corrected chi connectivity index (χ1v) is 6.17. The molecule has 0 fully saturated rings. The molecule has 1 unspecified atom stereocenters. The van der Waals surface area contributed by atoms with Crippen LogP contribution < -0.4 is 4.74 Å². The highest BCUT2D eigenvalue weighted by molar-refractivity contribution is 5.85. The number of H-pyrrole nitrogens is 1. The zero-order valence-electron chi connectivity index (χ0n) is 10.6. The van der Waals surface area contributed by atoms with Gasteiger partial charge in [-0.3, -0.25) is 0 Å². The van der Waals surface area contributed by atoms with Gasteiger partial charge in [0.25, 0.3) is 0 Å². The molecule has 0 aliphatic carbocycles. The fraction of sp³-hybridized carbons (Fsp3) is 0.125. The van der Waals surface area contributed by atoms with Crippen LogP contribution in [0.2, 0.25) is 0 Å². The van der Waals surface area contributed by atoms with E-state index in [-0.39, 0.29) is 0 Å². The first-order chi connectivity index (χ1) is 9.29. The summed E-state index contributed by atoms with van der Waals surface area (Å²) in [6.45, 7) is 0. The molecule has 0 saturated carbocycles. The third-order valence-corrected chi connectivity index (χ3v) is 3.33. The molecule has 1 atom stereocenters. The van der Waals surface area contributed by atoms with Gasteiger partial charge in [0, 0.05) is 22.7 Å². The Kier molecular flexibility index (Phi) is 2.97. The second-order valence-corrected chi connectivity index (χ2v) is 4.47. The van der Waals surface area contributed by atoms with Crippen molar-refractivity contribution in [2.75, 3.05) is 7.11 Å². The predicted molar refractivity (Wildman–Crippen MR) is 75.4 cm³/mol. The highest BCUT2D eigenvalue weighted by Gasteiger charge is 2.15. The van der Waals surface area contributed by atoms with E-state index in [0.717, 1.165) is 27.8 Å². The quantitative estimate of drug-likeness (QED) is 0.752. The Hall–Kier alpha value is -2.26. The van der Waals surface area contributed by atoms with Crippen molar-refractivity contribution in [3.8, 4) is 5.75 Å². The number of fused-ring (bicyclic) bond motifs is 1. The van der Waals surface area contributed by atoms with E-state index in [0.29, 0.717) is 0 Å². The number of aliphatic hydroxyl groups excluding tert-OH is 1. The number of aromatic nitrogens is 1. The van der Waals surface area contributed by atoms with Gasteiger partial charge in [0.1, 0.15) is 11.9 Å². The molecule has 0 aliphatic rings. The lowest BCUT2D eigenvalue weighted by Crippen LogP contribution is -1.98. The lowest BCUT2D eigenvalue weighted by Gasteiger charge is -2.10. The second-order valence-electron chi connectivity index (χ2n) is 4.47. The SMILES string of the molecule is COc1ccc2[nH]cc(C(O)c3ccccc3)c2c1. The van der Waals surface area contributed by atoms with E-state index >= 15 is 0 Å². The van der Waals surface area contributed by atoms with Gasteiger partial charge in [-0.05, 0) is 23.8 Å². The summed E-state index contributed by atoms with van der Waals surface area (Å²) in [5.41, 5.74) is 2.73. The highest BCUT2D eigenvalue weighted by atomic mass is 16.5. The van der Waals surface area contributed by atoms with Crippen LogP contribution in [-0.2, 0) is 0 Å². The van der Waals surface area contributed by atoms with Crippen LogP contribution >= 0.6 is 0 Å². The molecule has 96 valence electrons. The molecule has 0 bridgehead atoms. The molecular formula is C16H15NO2. The molecule has 3 aromatic rings. The lowest BCUT2D eigenvalue weighted by molar-refractivity contribution is 0.222. The van der Waals surface area contributed by atoms with E-state index < -0.39 is 6.10 Å². The molecule has 1 heterocycles. The molecule has 19 heavy (non-hydrogen) atoms. The maximum absolute atomic E-state index is 10.5. The van der Waals surface area contributed by atoms with Crippen molar-refractivity contribution < 1.29 is 9.84 Å². The van der Waals surface area contributed by atoms with Crippen molar-refractivity contribution in [3.05, 3.63) is 65.9 Å². The molecule has 0 aliphatic heterocycles. The Morgan fingerprint density at radius 3 is 2.63 bits per heavy atom. The smallest absolute Gasteiger partial charge is 0.119 e. The Morgan fingerprint density at radius 2 is 1.89 bits per heavy atom. The first-order valence-electron chi connectivity index (χ1n) is 6.17. The maximum Gasteiger partial charge on any atom is 0.119 e. The van der Waals surface area contributed by atoms with Crippen LogP contribution in [0.25, 0.3) is 10.9 Å². The average molecular weight is 253 g/mol. The standard InChI is InChI=1S/C16H15NO2/c1-19-12-7-8-15-13(9-12)14(10-17-15)16(18)11-5-3-2-4-6-11/h2-10,16-18H,1H3.